The van der Waals surface area contributed by atoms with E-state index in [2.05, 4.69) is 5.32 Å². The summed E-state index contributed by atoms with van der Waals surface area (Å²) in [6.07, 6.45) is 1.37. The molecule has 0 unspecified atom stereocenters. The molecule has 0 aliphatic rings. The third-order valence-corrected chi connectivity index (χ3v) is 3.49. The average Bonchev–Trinajstić information content (AvgIpc) is 2.32. The topological polar surface area (TPSA) is 127 Å². The molecule has 2 N–H and O–H groups in total. The second-order valence-electron chi connectivity index (χ2n) is 4.17. The summed E-state index contributed by atoms with van der Waals surface area (Å²) >= 11 is 0. The van der Waals surface area contributed by atoms with Crippen LogP contribution in [0.1, 0.15) is 16.8 Å². The van der Waals surface area contributed by atoms with Crippen LogP contribution in [-0.4, -0.2) is 43.0 Å². The van der Waals surface area contributed by atoms with Crippen LogP contribution in [0.5, 0.6) is 0 Å². The smallest absolute Gasteiger partial charge is 0.342 e. The number of para-hydroxylation sites is 1. The first-order valence-electron chi connectivity index (χ1n) is 5.64. The first kappa shape index (κ1) is 15.9. The third kappa shape index (κ3) is 4.50. The minimum atomic E-state index is -3.09. The summed E-state index contributed by atoms with van der Waals surface area (Å²) in [7, 11) is -3.09. The van der Waals surface area contributed by atoms with Crippen molar-refractivity contribution in [3.05, 3.63) is 33.9 Å². The van der Waals surface area contributed by atoms with Crippen LogP contribution in [0.25, 0.3) is 0 Å². The third-order valence-electron chi connectivity index (χ3n) is 2.46. The zero-order valence-corrected chi connectivity index (χ0v) is 11.5. The molecule has 0 aliphatic heterocycles. The monoisotopic (exact) mass is 302 g/mol. The largest absolute Gasteiger partial charge is 0.477 e. The van der Waals surface area contributed by atoms with Gasteiger partial charge in [0.05, 0.1) is 10.7 Å². The summed E-state index contributed by atoms with van der Waals surface area (Å²) < 4.78 is 21.9. The number of aromatic carboxylic acids is 1. The Morgan fingerprint density at radius 2 is 2.10 bits per heavy atom. The van der Waals surface area contributed by atoms with Crippen molar-refractivity contribution >= 4 is 27.2 Å². The van der Waals surface area contributed by atoms with E-state index in [4.69, 9.17) is 5.11 Å². The number of nitrogens with zero attached hydrogens (tertiary/aromatic N) is 1. The fourth-order valence-electron chi connectivity index (χ4n) is 1.61. The van der Waals surface area contributed by atoms with Crippen molar-refractivity contribution in [2.24, 2.45) is 0 Å². The summed E-state index contributed by atoms with van der Waals surface area (Å²) in [6, 6.07) is 3.91. The predicted molar refractivity (Wildman–Crippen MR) is 72.9 cm³/mol. The van der Waals surface area contributed by atoms with E-state index in [9.17, 15) is 23.3 Å². The maximum atomic E-state index is 10.9. The van der Waals surface area contributed by atoms with Gasteiger partial charge in [0, 0.05) is 12.8 Å². The number of hydrogen-bond donors (Lipinski definition) is 2. The molecule has 0 amide bonds. The van der Waals surface area contributed by atoms with Gasteiger partial charge in [0.15, 0.2) is 0 Å². The molecule has 8 nitrogen and oxygen atoms in total. The quantitative estimate of drug-likeness (QED) is 0.439. The maximum Gasteiger partial charge on any atom is 0.342 e. The molecule has 0 spiro atoms. The van der Waals surface area contributed by atoms with E-state index in [-0.39, 0.29) is 24.4 Å². The number of rotatable bonds is 7. The van der Waals surface area contributed by atoms with Crippen LogP contribution in [-0.2, 0) is 9.84 Å². The number of sulfone groups is 1. The molecule has 20 heavy (non-hydrogen) atoms. The van der Waals surface area contributed by atoms with Crippen molar-refractivity contribution in [1.82, 2.24) is 0 Å². The van der Waals surface area contributed by atoms with E-state index >= 15 is 0 Å². The molecule has 110 valence electrons. The predicted octanol–water partition coefficient (Wildman–Crippen LogP) is 1.14. The Kier molecular flexibility index (Phi) is 5.03. The highest BCUT2D eigenvalue weighted by molar-refractivity contribution is 7.90. The molecule has 9 heteroatoms. The first-order chi connectivity index (χ1) is 9.22. The molecular weight excluding hydrogens is 288 g/mol. The molecule has 0 heterocycles. The fourth-order valence-corrected chi connectivity index (χ4v) is 2.28. The number of nitro benzene ring substituents is 1. The minimum Gasteiger partial charge on any atom is -0.477 e. The van der Waals surface area contributed by atoms with E-state index in [0.717, 1.165) is 12.3 Å². The molecule has 0 saturated carbocycles. The van der Waals surface area contributed by atoms with E-state index in [1.165, 1.54) is 12.1 Å². The van der Waals surface area contributed by atoms with Crippen molar-refractivity contribution in [2.75, 3.05) is 23.9 Å². The second kappa shape index (κ2) is 6.33. The Morgan fingerprint density at radius 3 is 2.60 bits per heavy atom. The number of benzene rings is 1. The van der Waals surface area contributed by atoms with Crippen LogP contribution in [0, 0.1) is 10.1 Å². The first-order valence-corrected chi connectivity index (χ1v) is 7.70. The SMILES string of the molecule is CS(=O)(=O)CCCNc1cccc(C(=O)O)c1[N+](=O)[O-]. The van der Waals surface area contributed by atoms with Gasteiger partial charge in [-0.25, -0.2) is 13.2 Å². The lowest BCUT2D eigenvalue weighted by molar-refractivity contribution is -0.384. The van der Waals surface area contributed by atoms with Gasteiger partial charge in [0.1, 0.15) is 21.1 Å². The van der Waals surface area contributed by atoms with E-state index in [0.29, 0.717) is 0 Å². The zero-order chi connectivity index (χ0) is 15.3. The maximum absolute atomic E-state index is 10.9. The normalized spacial score (nSPS) is 11.1. The minimum absolute atomic E-state index is 0.0492. The zero-order valence-electron chi connectivity index (χ0n) is 10.7. The fraction of sp³-hybridized carbons (Fsp3) is 0.364. The number of nitrogens with one attached hydrogen (secondary N) is 1. The summed E-state index contributed by atoms with van der Waals surface area (Å²) in [4.78, 5) is 21.1. The van der Waals surface area contributed by atoms with Gasteiger partial charge in [-0.1, -0.05) is 6.07 Å². The van der Waals surface area contributed by atoms with Crippen LogP contribution in [0.2, 0.25) is 0 Å². The lowest BCUT2D eigenvalue weighted by atomic mass is 10.1. The molecule has 1 aromatic rings. The Bertz CT molecular complexity index is 626. The Balaban J connectivity index is 2.87. The average molecular weight is 302 g/mol. The van der Waals surface area contributed by atoms with Crippen LogP contribution < -0.4 is 5.32 Å². The van der Waals surface area contributed by atoms with Crippen LogP contribution in [0.3, 0.4) is 0 Å². The molecule has 0 saturated heterocycles. The van der Waals surface area contributed by atoms with Crippen molar-refractivity contribution in [2.45, 2.75) is 6.42 Å². The Hall–Kier alpha value is -2.16. The molecule has 1 rings (SSSR count). The second-order valence-corrected chi connectivity index (χ2v) is 6.43. The highest BCUT2D eigenvalue weighted by Gasteiger charge is 2.23. The highest BCUT2D eigenvalue weighted by atomic mass is 32.2. The number of carboxylic acids is 1. The van der Waals surface area contributed by atoms with Gasteiger partial charge in [-0.05, 0) is 18.6 Å². The van der Waals surface area contributed by atoms with Gasteiger partial charge in [-0.2, -0.15) is 0 Å². The molecule has 1 aromatic carbocycles. The standard InChI is InChI=1S/C11H14N2O6S/c1-20(18,19)7-3-6-12-9-5-2-4-8(11(14)15)10(9)13(16)17/h2,4-5,12H,3,6-7H2,1H3,(H,14,15). The summed E-state index contributed by atoms with van der Waals surface area (Å²) in [5, 5.41) is 22.5. The molecular formula is C11H14N2O6S. The van der Waals surface area contributed by atoms with Gasteiger partial charge < -0.3 is 10.4 Å². The summed E-state index contributed by atoms with van der Waals surface area (Å²) in [6.45, 7) is 0.191. The van der Waals surface area contributed by atoms with Gasteiger partial charge in [-0.3, -0.25) is 10.1 Å². The van der Waals surface area contributed by atoms with E-state index < -0.39 is 32.0 Å². The number of carbonyl (C=O) groups is 1. The summed E-state index contributed by atoms with van der Waals surface area (Å²) in [5.74, 6) is -1.44. The van der Waals surface area contributed by atoms with Crippen LogP contribution in [0.4, 0.5) is 11.4 Å². The van der Waals surface area contributed by atoms with Crippen LogP contribution >= 0.6 is 0 Å². The molecule has 0 atom stereocenters. The van der Waals surface area contributed by atoms with Crippen molar-refractivity contribution < 1.29 is 23.2 Å². The molecule has 0 fully saturated rings. The summed E-state index contributed by atoms with van der Waals surface area (Å²) in [5.41, 5.74) is -0.883. The Morgan fingerprint density at radius 1 is 1.45 bits per heavy atom. The van der Waals surface area contributed by atoms with Crippen molar-refractivity contribution in [1.29, 1.82) is 0 Å². The number of anilines is 1. The van der Waals surface area contributed by atoms with Gasteiger partial charge >= 0.3 is 11.7 Å². The molecule has 0 aromatic heterocycles. The Labute approximate surface area is 115 Å². The lowest BCUT2D eigenvalue weighted by Gasteiger charge is -2.08. The van der Waals surface area contributed by atoms with Crippen LogP contribution in [0.15, 0.2) is 18.2 Å². The number of carboxylic acid groups (broad SMARTS) is 1. The van der Waals surface area contributed by atoms with Crippen molar-refractivity contribution in [3.63, 3.8) is 0 Å². The molecule has 0 radical (unpaired) electrons. The number of hydrogen-bond acceptors (Lipinski definition) is 6. The van der Waals surface area contributed by atoms with E-state index in [1.807, 2.05) is 0 Å². The number of nitro groups is 1. The molecule has 0 aliphatic carbocycles. The van der Waals surface area contributed by atoms with Gasteiger partial charge in [0.25, 0.3) is 0 Å². The molecule has 0 bridgehead atoms. The van der Waals surface area contributed by atoms with Gasteiger partial charge in [-0.15, -0.1) is 0 Å². The van der Waals surface area contributed by atoms with Crippen molar-refractivity contribution in [3.8, 4) is 0 Å². The lowest BCUT2D eigenvalue weighted by Crippen LogP contribution is -2.12. The van der Waals surface area contributed by atoms with E-state index in [1.54, 1.807) is 0 Å². The van der Waals surface area contributed by atoms with Gasteiger partial charge in [0.2, 0.25) is 0 Å². The highest BCUT2D eigenvalue weighted by Crippen LogP contribution is 2.28.